The third-order valence-electron chi connectivity index (χ3n) is 2.46. The van der Waals surface area contributed by atoms with Gasteiger partial charge in [0.05, 0.1) is 5.88 Å². The Kier molecular flexibility index (Phi) is 3.99. The van der Waals surface area contributed by atoms with E-state index in [1.807, 2.05) is 24.3 Å². The van der Waals surface area contributed by atoms with Crippen LogP contribution in [-0.4, -0.2) is 0 Å². The van der Waals surface area contributed by atoms with Crippen LogP contribution in [0.3, 0.4) is 0 Å². The summed E-state index contributed by atoms with van der Waals surface area (Å²) in [5.41, 5.74) is 1.45. The van der Waals surface area contributed by atoms with Gasteiger partial charge in [0.25, 0.3) is 0 Å². The van der Waals surface area contributed by atoms with Crippen molar-refractivity contribution in [2.45, 2.75) is 12.5 Å². The SMILES string of the molecule is Fc1ccccc1COc1ccccc1CCl. The normalized spacial score (nSPS) is 10.2. The van der Waals surface area contributed by atoms with Crippen LogP contribution in [0.15, 0.2) is 48.5 Å². The predicted molar refractivity (Wildman–Crippen MR) is 66.7 cm³/mol. The van der Waals surface area contributed by atoms with Crippen LogP contribution in [0.25, 0.3) is 0 Å². The summed E-state index contributed by atoms with van der Waals surface area (Å²) in [7, 11) is 0. The molecule has 0 atom stereocenters. The number of halogens is 2. The summed E-state index contributed by atoms with van der Waals surface area (Å²) >= 11 is 5.79. The molecule has 3 heteroatoms. The summed E-state index contributed by atoms with van der Waals surface area (Å²) in [5, 5.41) is 0. The highest BCUT2D eigenvalue weighted by Crippen LogP contribution is 2.21. The van der Waals surface area contributed by atoms with Crippen LogP contribution in [0.1, 0.15) is 11.1 Å². The van der Waals surface area contributed by atoms with Gasteiger partial charge in [-0.15, -0.1) is 11.6 Å². The lowest BCUT2D eigenvalue weighted by atomic mass is 10.2. The van der Waals surface area contributed by atoms with E-state index in [0.717, 1.165) is 5.56 Å². The molecule has 0 unspecified atom stereocenters. The Morgan fingerprint density at radius 3 is 2.29 bits per heavy atom. The predicted octanol–water partition coefficient (Wildman–Crippen LogP) is 4.14. The van der Waals surface area contributed by atoms with Crippen molar-refractivity contribution in [3.8, 4) is 5.75 Å². The molecule has 2 aromatic carbocycles. The number of hydrogen-bond donors (Lipinski definition) is 0. The molecule has 2 aromatic rings. The van der Waals surface area contributed by atoms with Crippen LogP contribution in [0.5, 0.6) is 5.75 Å². The zero-order chi connectivity index (χ0) is 12.1. The van der Waals surface area contributed by atoms with Crippen molar-refractivity contribution < 1.29 is 9.13 Å². The molecule has 88 valence electrons. The Hall–Kier alpha value is -1.54. The van der Waals surface area contributed by atoms with Gasteiger partial charge in [0.1, 0.15) is 18.2 Å². The topological polar surface area (TPSA) is 9.23 Å². The summed E-state index contributed by atoms with van der Waals surface area (Å²) < 4.78 is 18.9. The number of ether oxygens (including phenoxy) is 1. The first-order valence-electron chi connectivity index (χ1n) is 5.31. The molecule has 0 fully saturated rings. The Morgan fingerprint density at radius 1 is 0.941 bits per heavy atom. The standard InChI is InChI=1S/C14H12ClFO/c15-9-11-5-2-4-8-14(11)17-10-12-6-1-3-7-13(12)16/h1-8H,9-10H2. The molecule has 2 rings (SSSR count). The third-order valence-corrected chi connectivity index (χ3v) is 2.75. The van der Waals surface area contributed by atoms with Gasteiger partial charge in [0, 0.05) is 11.1 Å². The molecule has 0 N–H and O–H groups in total. The molecule has 0 radical (unpaired) electrons. The van der Waals surface area contributed by atoms with Crippen LogP contribution in [0.4, 0.5) is 4.39 Å². The highest BCUT2D eigenvalue weighted by Gasteiger charge is 2.04. The summed E-state index contributed by atoms with van der Waals surface area (Å²) in [4.78, 5) is 0. The van der Waals surface area contributed by atoms with Crippen LogP contribution >= 0.6 is 11.6 Å². The number of benzene rings is 2. The fourth-order valence-electron chi connectivity index (χ4n) is 1.53. The fraction of sp³-hybridized carbons (Fsp3) is 0.143. The lowest BCUT2D eigenvalue weighted by molar-refractivity contribution is 0.297. The number of para-hydroxylation sites is 1. The molecule has 0 aliphatic heterocycles. The van der Waals surface area contributed by atoms with E-state index in [1.54, 1.807) is 18.2 Å². The largest absolute Gasteiger partial charge is 0.488 e. The monoisotopic (exact) mass is 250 g/mol. The fourth-order valence-corrected chi connectivity index (χ4v) is 1.75. The highest BCUT2D eigenvalue weighted by atomic mass is 35.5. The maximum atomic E-state index is 13.4. The van der Waals surface area contributed by atoms with E-state index in [4.69, 9.17) is 16.3 Å². The minimum absolute atomic E-state index is 0.209. The van der Waals surface area contributed by atoms with E-state index in [9.17, 15) is 4.39 Å². The van der Waals surface area contributed by atoms with Crippen LogP contribution in [-0.2, 0) is 12.5 Å². The Balaban J connectivity index is 2.10. The van der Waals surface area contributed by atoms with Gasteiger partial charge in [-0.1, -0.05) is 36.4 Å². The van der Waals surface area contributed by atoms with Gasteiger partial charge in [-0.2, -0.15) is 0 Å². The van der Waals surface area contributed by atoms with Crippen LogP contribution in [0.2, 0.25) is 0 Å². The minimum atomic E-state index is -0.254. The van der Waals surface area contributed by atoms with Crippen molar-refractivity contribution in [2.24, 2.45) is 0 Å². The van der Waals surface area contributed by atoms with E-state index < -0.39 is 0 Å². The molecule has 0 spiro atoms. The van der Waals surface area contributed by atoms with E-state index in [1.165, 1.54) is 6.07 Å². The lowest BCUT2D eigenvalue weighted by Crippen LogP contribution is -1.99. The third kappa shape index (κ3) is 2.98. The van der Waals surface area contributed by atoms with Crippen molar-refractivity contribution >= 4 is 11.6 Å². The van der Waals surface area contributed by atoms with Crippen molar-refractivity contribution in [1.82, 2.24) is 0 Å². The average molecular weight is 251 g/mol. The van der Waals surface area contributed by atoms with E-state index in [0.29, 0.717) is 17.2 Å². The Morgan fingerprint density at radius 2 is 1.59 bits per heavy atom. The van der Waals surface area contributed by atoms with E-state index in [-0.39, 0.29) is 12.4 Å². The second kappa shape index (κ2) is 5.69. The van der Waals surface area contributed by atoms with Gasteiger partial charge in [0.15, 0.2) is 0 Å². The maximum Gasteiger partial charge on any atom is 0.129 e. The highest BCUT2D eigenvalue weighted by molar-refractivity contribution is 6.17. The molecule has 0 aliphatic carbocycles. The average Bonchev–Trinajstić information content (AvgIpc) is 2.38. The summed E-state index contributed by atoms with van der Waals surface area (Å²) in [6.45, 7) is 0.209. The Labute approximate surface area is 105 Å². The smallest absolute Gasteiger partial charge is 0.129 e. The first kappa shape index (κ1) is 11.9. The van der Waals surface area contributed by atoms with E-state index >= 15 is 0 Å². The van der Waals surface area contributed by atoms with Crippen LogP contribution in [0, 0.1) is 5.82 Å². The number of rotatable bonds is 4. The van der Waals surface area contributed by atoms with Crippen molar-refractivity contribution in [3.05, 3.63) is 65.5 Å². The molecule has 0 bridgehead atoms. The first-order valence-corrected chi connectivity index (χ1v) is 5.85. The zero-order valence-electron chi connectivity index (χ0n) is 9.20. The van der Waals surface area contributed by atoms with Gasteiger partial charge >= 0.3 is 0 Å². The molecular weight excluding hydrogens is 239 g/mol. The first-order chi connectivity index (χ1) is 8.31. The quantitative estimate of drug-likeness (QED) is 0.741. The number of alkyl halides is 1. The molecule has 0 aliphatic rings. The zero-order valence-corrected chi connectivity index (χ0v) is 9.95. The van der Waals surface area contributed by atoms with Crippen molar-refractivity contribution in [3.63, 3.8) is 0 Å². The van der Waals surface area contributed by atoms with Gasteiger partial charge < -0.3 is 4.74 Å². The van der Waals surface area contributed by atoms with Crippen LogP contribution < -0.4 is 4.74 Å². The maximum absolute atomic E-state index is 13.4. The van der Waals surface area contributed by atoms with Gasteiger partial charge in [-0.05, 0) is 12.1 Å². The Bertz CT molecular complexity index is 499. The molecule has 0 amide bonds. The van der Waals surface area contributed by atoms with Gasteiger partial charge in [0.2, 0.25) is 0 Å². The minimum Gasteiger partial charge on any atom is -0.488 e. The molecule has 0 aromatic heterocycles. The van der Waals surface area contributed by atoms with Gasteiger partial charge in [-0.25, -0.2) is 4.39 Å². The molecule has 0 saturated carbocycles. The summed E-state index contributed by atoms with van der Waals surface area (Å²) in [6, 6.07) is 14.1. The summed E-state index contributed by atoms with van der Waals surface area (Å²) in [5.74, 6) is 0.828. The molecule has 17 heavy (non-hydrogen) atoms. The van der Waals surface area contributed by atoms with Crippen molar-refractivity contribution in [1.29, 1.82) is 0 Å². The van der Waals surface area contributed by atoms with E-state index in [2.05, 4.69) is 0 Å². The van der Waals surface area contributed by atoms with Crippen molar-refractivity contribution in [2.75, 3.05) is 0 Å². The summed E-state index contributed by atoms with van der Waals surface area (Å²) in [6.07, 6.45) is 0. The number of hydrogen-bond acceptors (Lipinski definition) is 1. The molecular formula is C14H12ClFO. The second-order valence-corrected chi connectivity index (χ2v) is 3.89. The molecule has 0 heterocycles. The second-order valence-electron chi connectivity index (χ2n) is 3.62. The van der Waals surface area contributed by atoms with Gasteiger partial charge in [-0.3, -0.25) is 0 Å². The molecule has 0 saturated heterocycles. The lowest BCUT2D eigenvalue weighted by Gasteiger charge is -2.10. The molecule has 1 nitrogen and oxygen atoms in total.